The largest absolute Gasteiger partial charge is 0.351 e. The van der Waals surface area contributed by atoms with Crippen LogP contribution >= 0.6 is 35.5 Å². The summed E-state index contributed by atoms with van der Waals surface area (Å²) in [6, 6.07) is 14.3. The van der Waals surface area contributed by atoms with Crippen molar-refractivity contribution < 1.29 is 4.79 Å². The Kier molecular flexibility index (Phi) is 8.60. The molecule has 0 atom stereocenters. The highest BCUT2D eigenvalue weighted by atomic mass is 35.5. The lowest BCUT2D eigenvalue weighted by atomic mass is 10.2. The Hall–Kier alpha value is -1.80. The van der Waals surface area contributed by atoms with Crippen molar-refractivity contribution in [2.45, 2.75) is 18.7 Å². The molecule has 1 aliphatic rings. The third-order valence-corrected chi connectivity index (χ3v) is 7.29. The number of halogens is 1. The van der Waals surface area contributed by atoms with E-state index in [1.807, 2.05) is 24.3 Å². The number of aryl methyl sites for hydroxylation is 1. The van der Waals surface area contributed by atoms with Crippen LogP contribution in [-0.4, -0.2) is 60.8 Å². The molecular weight excluding hydrogens is 448 g/mol. The number of nitrogens with one attached hydrogen (secondary N) is 1. The molecule has 166 valence electrons. The lowest BCUT2D eigenvalue weighted by molar-refractivity contribution is 0.0947. The molecule has 1 aromatic heterocycles. The Bertz CT molecular complexity index is 1000. The van der Waals surface area contributed by atoms with Gasteiger partial charge in [-0.15, -0.1) is 24.2 Å². The summed E-state index contributed by atoms with van der Waals surface area (Å²) in [6.45, 7) is 9.74. The SMILES string of the molecule is CCSc1ccc(C(=O)NCCN2CCN(c3nc4ccc(C)cc4s3)CC2)cc1.Cl. The minimum atomic E-state index is 0. The molecular formula is C23H29ClN4OS2. The number of aromatic nitrogens is 1. The zero-order valence-electron chi connectivity index (χ0n) is 18.0. The maximum absolute atomic E-state index is 12.4. The van der Waals surface area contributed by atoms with Crippen LogP contribution in [0.25, 0.3) is 10.2 Å². The summed E-state index contributed by atoms with van der Waals surface area (Å²) in [6.07, 6.45) is 0. The number of benzene rings is 2. The van der Waals surface area contributed by atoms with Gasteiger partial charge in [-0.1, -0.05) is 24.3 Å². The summed E-state index contributed by atoms with van der Waals surface area (Å²) in [5.41, 5.74) is 3.10. The number of thiazole rings is 1. The van der Waals surface area contributed by atoms with Crippen molar-refractivity contribution >= 4 is 56.8 Å². The smallest absolute Gasteiger partial charge is 0.251 e. The molecule has 1 N–H and O–H groups in total. The summed E-state index contributed by atoms with van der Waals surface area (Å²) in [7, 11) is 0. The molecule has 0 spiro atoms. The molecule has 2 aromatic carbocycles. The molecule has 0 bridgehead atoms. The molecule has 4 rings (SSSR count). The number of rotatable bonds is 7. The number of carbonyl (C=O) groups is 1. The molecule has 0 unspecified atom stereocenters. The minimum Gasteiger partial charge on any atom is -0.351 e. The van der Waals surface area contributed by atoms with Gasteiger partial charge in [0.25, 0.3) is 5.91 Å². The van der Waals surface area contributed by atoms with Crippen molar-refractivity contribution in [3.8, 4) is 0 Å². The molecule has 1 amide bonds. The lowest BCUT2D eigenvalue weighted by Gasteiger charge is -2.34. The Morgan fingerprint density at radius 3 is 2.58 bits per heavy atom. The highest BCUT2D eigenvalue weighted by Crippen LogP contribution is 2.30. The van der Waals surface area contributed by atoms with Gasteiger partial charge in [0.15, 0.2) is 5.13 Å². The van der Waals surface area contributed by atoms with Gasteiger partial charge in [0.05, 0.1) is 10.2 Å². The first-order valence-electron chi connectivity index (χ1n) is 10.5. The Labute approximate surface area is 198 Å². The van der Waals surface area contributed by atoms with Gasteiger partial charge in [-0.05, 0) is 54.6 Å². The predicted molar refractivity (Wildman–Crippen MR) is 135 cm³/mol. The summed E-state index contributed by atoms with van der Waals surface area (Å²) >= 11 is 3.57. The molecule has 5 nitrogen and oxygen atoms in total. The number of nitrogens with zero attached hydrogens (tertiary/aromatic N) is 3. The van der Waals surface area contributed by atoms with E-state index in [0.29, 0.717) is 6.54 Å². The van der Waals surface area contributed by atoms with Crippen molar-refractivity contribution in [3.05, 3.63) is 53.6 Å². The fraction of sp³-hybridized carbons (Fsp3) is 0.391. The van der Waals surface area contributed by atoms with Crippen LogP contribution in [-0.2, 0) is 0 Å². The van der Waals surface area contributed by atoms with E-state index in [1.165, 1.54) is 15.2 Å². The van der Waals surface area contributed by atoms with E-state index in [4.69, 9.17) is 4.98 Å². The molecule has 1 aliphatic heterocycles. The van der Waals surface area contributed by atoms with E-state index in [0.717, 1.165) is 54.7 Å². The molecule has 3 aromatic rings. The molecule has 1 fully saturated rings. The standard InChI is InChI=1S/C23H28N4OS2.ClH/c1-3-29-19-7-5-18(6-8-19)22(28)24-10-11-26-12-14-27(15-13-26)23-25-20-9-4-17(2)16-21(20)30-23;/h4-9,16H,3,10-15H2,1-2H3,(H,24,28);1H. The third kappa shape index (κ3) is 6.13. The fourth-order valence-electron chi connectivity index (χ4n) is 3.62. The van der Waals surface area contributed by atoms with Gasteiger partial charge in [-0.2, -0.15) is 0 Å². The number of hydrogen-bond acceptors (Lipinski definition) is 6. The minimum absolute atomic E-state index is 0. The van der Waals surface area contributed by atoms with E-state index in [1.54, 1.807) is 23.1 Å². The van der Waals surface area contributed by atoms with Gasteiger partial charge >= 0.3 is 0 Å². The Balaban J connectivity index is 0.00000272. The van der Waals surface area contributed by atoms with Crippen LogP contribution < -0.4 is 10.2 Å². The van der Waals surface area contributed by atoms with Crippen LogP contribution in [0.5, 0.6) is 0 Å². The van der Waals surface area contributed by atoms with Gasteiger partial charge < -0.3 is 10.2 Å². The average Bonchev–Trinajstić information content (AvgIpc) is 3.18. The van der Waals surface area contributed by atoms with Crippen LogP contribution in [0, 0.1) is 6.92 Å². The fourth-order valence-corrected chi connectivity index (χ4v) is 5.39. The van der Waals surface area contributed by atoms with Gasteiger partial charge in [0.2, 0.25) is 0 Å². The number of thioether (sulfide) groups is 1. The second-order valence-electron chi connectivity index (χ2n) is 7.51. The quantitative estimate of drug-likeness (QED) is 0.501. The van der Waals surface area contributed by atoms with Crippen LogP contribution in [0.15, 0.2) is 47.4 Å². The van der Waals surface area contributed by atoms with Crippen molar-refractivity contribution in [2.75, 3.05) is 49.9 Å². The van der Waals surface area contributed by atoms with E-state index >= 15 is 0 Å². The summed E-state index contributed by atoms with van der Waals surface area (Å²) < 4.78 is 1.26. The van der Waals surface area contributed by atoms with Crippen LogP contribution in [0.1, 0.15) is 22.8 Å². The monoisotopic (exact) mass is 476 g/mol. The number of carbonyl (C=O) groups excluding carboxylic acids is 1. The molecule has 1 saturated heterocycles. The second kappa shape index (κ2) is 11.2. The molecule has 8 heteroatoms. The first kappa shape index (κ1) is 23.9. The first-order valence-corrected chi connectivity index (χ1v) is 12.3. The average molecular weight is 477 g/mol. The summed E-state index contributed by atoms with van der Waals surface area (Å²) in [4.78, 5) is 23.2. The zero-order valence-corrected chi connectivity index (χ0v) is 20.4. The highest BCUT2D eigenvalue weighted by Gasteiger charge is 2.19. The Morgan fingerprint density at radius 1 is 1.13 bits per heavy atom. The van der Waals surface area contributed by atoms with Gasteiger partial charge in [-0.3, -0.25) is 9.69 Å². The van der Waals surface area contributed by atoms with E-state index in [2.05, 4.69) is 47.2 Å². The normalized spacial score (nSPS) is 14.5. The van der Waals surface area contributed by atoms with Crippen molar-refractivity contribution in [2.24, 2.45) is 0 Å². The first-order chi connectivity index (χ1) is 14.6. The third-order valence-electron chi connectivity index (χ3n) is 5.32. The number of hydrogen-bond donors (Lipinski definition) is 1. The van der Waals surface area contributed by atoms with Crippen LogP contribution in [0.3, 0.4) is 0 Å². The number of amides is 1. The summed E-state index contributed by atoms with van der Waals surface area (Å²) in [5, 5.41) is 4.17. The zero-order chi connectivity index (χ0) is 20.9. The van der Waals surface area contributed by atoms with Gasteiger partial charge in [-0.25, -0.2) is 4.98 Å². The van der Waals surface area contributed by atoms with E-state index < -0.39 is 0 Å². The molecule has 2 heterocycles. The van der Waals surface area contributed by atoms with E-state index in [-0.39, 0.29) is 18.3 Å². The van der Waals surface area contributed by atoms with Gasteiger partial charge in [0.1, 0.15) is 0 Å². The summed E-state index contributed by atoms with van der Waals surface area (Å²) in [5.74, 6) is 1.05. The number of fused-ring (bicyclic) bond motifs is 1. The predicted octanol–water partition coefficient (Wildman–Crippen LogP) is 4.69. The topological polar surface area (TPSA) is 48.5 Å². The molecule has 0 saturated carbocycles. The van der Waals surface area contributed by atoms with Crippen molar-refractivity contribution in [1.82, 2.24) is 15.2 Å². The van der Waals surface area contributed by atoms with Crippen LogP contribution in [0.4, 0.5) is 5.13 Å². The molecule has 31 heavy (non-hydrogen) atoms. The second-order valence-corrected chi connectivity index (χ2v) is 9.86. The van der Waals surface area contributed by atoms with Crippen molar-refractivity contribution in [3.63, 3.8) is 0 Å². The maximum Gasteiger partial charge on any atom is 0.251 e. The number of piperazine rings is 1. The van der Waals surface area contributed by atoms with Crippen molar-refractivity contribution in [1.29, 1.82) is 0 Å². The highest BCUT2D eigenvalue weighted by molar-refractivity contribution is 7.99. The maximum atomic E-state index is 12.4. The molecule has 0 radical (unpaired) electrons. The van der Waals surface area contributed by atoms with E-state index in [9.17, 15) is 4.79 Å². The Morgan fingerprint density at radius 2 is 1.87 bits per heavy atom. The van der Waals surface area contributed by atoms with Crippen LogP contribution in [0.2, 0.25) is 0 Å². The lowest BCUT2D eigenvalue weighted by Crippen LogP contribution is -2.48. The molecule has 0 aliphatic carbocycles. The number of anilines is 1. The van der Waals surface area contributed by atoms with Gasteiger partial charge in [0, 0.05) is 49.7 Å².